The van der Waals surface area contributed by atoms with E-state index in [1.54, 1.807) is 4.68 Å². The lowest BCUT2D eigenvalue weighted by Gasteiger charge is -2.00. The van der Waals surface area contributed by atoms with Crippen molar-refractivity contribution >= 4 is 0 Å². The largest absolute Gasteiger partial charge is 0.396 e. The van der Waals surface area contributed by atoms with Crippen molar-refractivity contribution in [1.82, 2.24) is 9.78 Å². The summed E-state index contributed by atoms with van der Waals surface area (Å²) in [6.45, 7) is 6.11. The summed E-state index contributed by atoms with van der Waals surface area (Å²) in [5.41, 5.74) is 0.949. The molecule has 1 aromatic rings. The molecular weight excluding hydrogens is 152 g/mol. The summed E-state index contributed by atoms with van der Waals surface area (Å²) < 4.78 is 1.74. The van der Waals surface area contributed by atoms with Crippen LogP contribution in [0.1, 0.15) is 32.4 Å². The molecule has 1 heterocycles. The van der Waals surface area contributed by atoms with Gasteiger partial charge in [-0.3, -0.25) is 4.68 Å². The number of aryl methyl sites for hydroxylation is 1. The fraction of sp³-hybridized carbons (Fsp3) is 0.667. The van der Waals surface area contributed by atoms with Crippen LogP contribution in [0.15, 0.2) is 12.3 Å². The first-order valence-corrected chi connectivity index (χ1v) is 4.34. The number of aromatic nitrogens is 2. The summed E-state index contributed by atoms with van der Waals surface area (Å²) in [5, 5.41) is 12.9. The molecule has 0 bridgehead atoms. The van der Waals surface area contributed by atoms with E-state index in [0.717, 1.165) is 5.69 Å². The first-order valence-electron chi connectivity index (χ1n) is 4.34. The predicted octanol–water partition coefficient (Wildman–Crippen LogP) is 1.54. The van der Waals surface area contributed by atoms with E-state index in [0.29, 0.717) is 0 Å². The first kappa shape index (κ1) is 11.2. The van der Waals surface area contributed by atoms with Crippen molar-refractivity contribution in [2.24, 2.45) is 7.05 Å². The lowest BCUT2D eigenvalue weighted by atomic mass is 10.1. The van der Waals surface area contributed by atoms with Gasteiger partial charge in [-0.2, -0.15) is 5.10 Å². The maximum Gasteiger partial charge on any atom is 0.0675 e. The molecule has 3 nitrogen and oxygen atoms in total. The fourth-order valence-electron chi connectivity index (χ4n) is 0.789. The lowest BCUT2D eigenvalue weighted by molar-refractivity contribution is 0.270. The molecule has 0 aliphatic rings. The Bertz CT molecular complexity index is 208. The summed E-state index contributed by atoms with van der Waals surface area (Å²) >= 11 is 0. The van der Waals surface area contributed by atoms with Crippen molar-refractivity contribution < 1.29 is 5.11 Å². The van der Waals surface area contributed by atoms with Crippen LogP contribution in [0.3, 0.4) is 0 Å². The zero-order valence-electron chi connectivity index (χ0n) is 8.28. The third-order valence-electron chi connectivity index (χ3n) is 1.51. The standard InChI is InChI=1S/C7H12N2O.C2H6/c1-6(5-10)7-3-4-9(2)8-7;1-2/h3-4,6,10H,5H2,1-2H3;1-2H3. The lowest BCUT2D eigenvalue weighted by Crippen LogP contribution is -2.00. The van der Waals surface area contributed by atoms with Crippen LogP contribution in [0, 0.1) is 0 Å². The summed E-state index contributed by atoms with van der Waals surface area (Å²) in [6.07, 6.45) is 1.88. The van der Waals surface area contributed by atoms with E-state index >= 15 is 0 Å². The minimum atomic E-state index is 0.154. The molecule has 70 valence electrons. The van der Waals surface area contributed by atoms with Crippen LogP contribution in [0.4, 0.5) is 0 Å². The number of hydrogen-bond acceptors (Lipinski definition) is 2. The molecule has 1 N–H and O–H groups in total. The Labute approximate surface area is 74.0 Å². The van der Waals surface area contributed by atoms with Gasteiger partial charge in [0.05, 0.1) is 12.3 Å². The highest BCUT2D eigenvalue weighted by molar-refractivity contribution is 5.04. The molecule has 1 unspecified atom stereocenters. The molecule has 12 heavy (non-hydrogen) atoms. The topological polar surface area (TPSA) is 38.0 Å². The Morgan fingerprint density at radius 1 is 1.58 bits per heavy atom. The van der Waals surface area contributed by atoms with E-state index in [1.165, 1.54) is 0 Å². The van der Waals surface area contributed by atoms with Gasteiger partial charge in [-0.05, 0) is 6.07 Å². The van der Waals surface area contributed by atoms with Crippen LogP contribution >= 0.6 is 0 Å². The monoisotopic (exact) mass is 170 g/mol. The van der Waals surface area contributed by atoms with Gasteiger partial charge in [-0.15, -0.1) is 0 Å². The van der Waals surface area contributed by atoms with Crippen LogP contribution in [0.25, 0.3) is 0 Å². The molecule has 0 radical (unpaired) electrons. The van der Waals surface area contributed by atoms with Crippen molar-refractivity contribution in [3.8, 4) is 0 Å². The normalized spacial score (nSPS) is 11.8. The van der Waals surface area contributed by atoms with Gasteiger partial charge in [-0.1, -0.05) is 20.8 Å². The zero-order chi connectivity index (χ0) is 9.56. The molecule has 1 aromatic heterocycles. The van der Waals surface area contributed by atoms with Crippen LogP contribution in [-0.2, 0) is 7.05 Å². The van der Waals surface area contributed by atoms with Crippen molar-refractivity contribution in [2.75, 3.05) is 6.61 Å². The van der Waals surface area contributed by atoms with Crippen molar-refractivity contribution in [3.63, 3.8) is 0 Å². The maximum atomic E-state index is 8.75. The number of rotatable bonds is 2. The van der Waals surface area contributed by atoms with Crippen molar-refractivity contribution in [1.29, 1.82) is 0 Å². The van der Waals surface area contributed by atoms with Crippen LogP contribution in [0.5, 0.6) is 0 Å². The highest BCUT2D eigenvalue weighted by Crippen LogP contribution is 2.09. The molecule has 0 aliphatic heterocycles. The Morgan fingerprint density at radius 3 is 2.50 bits per heavy atom. The van der Waals surface area contributed by atoms with E-state index in [-0.39, 0.29) is 12.5 Å². The molecule has 0 amide bonds. The average Bonchev–Trinajstić information content (AvgIpc) is 2.54. The third-order valence-corrected chi connectivity index (χ3v) is 1.51. The Balaban J connectivity index is 0.000000561. The molecular formula is C9H18N2O. The maximum absolute atomic E-state index is 8.75. The predicted molar refractivity (Wildman–Crippen MR) is 50.1 cm³/mol. The molecule has 0 saturated heterocycles. The van der Waals surface area contributed by atoms with Gasteiger partial charge in [0.1, 0.15) is 0 Å². The number of aliphatic hydroxyl groups excluding tert-OH is 1. The van der Waals surface area contributed by atoms with Crippen LogP contribution in [0.2, 0.25) is 0 Å². The average molecular weight is 170 g/mol. The van der Waals surface area contributed by atoms with Gasteiger partial charge in [0.2, 0.25) is 0 Å². The molecule has 1 rings (SSSR count). The zero-order valence-corrected chi connectivity index (χ0v) is 8.28. The second-order valence-corrected chi connectivity index (χ2v) is 2.50. The third kappa shape index (κ3) is 3.05. The molecule has 0 spiro atoms. The molecule has 0 fully saturated rings. The van der Waals surface area contributed by atoms with Crippen molar-refractivity contribution in [3.05, 3.63) is 18.0 Å². The molecule has 3 heteroatoms. The van der Waals surface area contributed by atoms with Gasteiger partial charge in [0, 0.05) is 19.2 Å². The second-order valence-electron chi connectivity index (χ2n) is 2.50. The fourth-order valence-corrected chi connectivity index (χ4v) is 0.789. The number of nitrogens with zero attached hydrogens (tertiary/aromatic N) is 2. The molecule has 0 saturated carbocycles. The summed E-state index contributed by atoms with van der Waals surface area (Å²) in [6, 6.07) is 1.92. The van der Waals surface area contributed by atoms with Gasteiger partial charge >= 0.3 is 0 Å². The van der Waals surface area contributed by atoms with E-state index in [2.05, 4.69) is 5.10 Å². The van der Waals surface area contributed by atoms with Crippen molar-refractivity contribution in [2.45, 2.75) is 26.7 Å². The quantitative estimate of drug-likeness (QED) is 0.731. The van der Waals surface area contributed by atoms with Gasteiger partial charge in [0.15, 0.2) is 0 Å². The van der Waals surface area contributed by atoms with E-state index < -0.39 is 0 Å². The Morgan fingerprint density at radius 2 is 2.17 bits per heavy atom. The van der Waals surface area contributed by atoms with Crippen LogP contribution < -0.4 is 0 Å². The van der Waals surface area contributed by atoms with Gasteiger partial charge < -0.3 is 5.11 Å². The first-order chi connectivity index (χ1) is 5.74. The summed E-state index contributed by atoms with van der Waals surface area (Å²) in [5.74, 6) is 0.154. The Hall–Kier alpha value is -0.830. The molecule has 1 atom stereocenters. The summed E-state index contributed by atoms with van der Waals surface area (Å²) in [7, 11) is 1.87. The van der Waals surface area contributed by atoms with Gasteiger partial charge in [-0.25, -0.2) is 0 Å². The highest BCUT2D eigenvalue weighted by Gasteiger charge is 2.05. The van der Waals surface area contributed by atoms with Gasteiger partial charge in [0.25, 0.3) is 0 Å². The SMILES string of the molecule is CC.CC(CO)c1ccn(C)n1. The van der Waals surface area contributed by atoms with Crippen LogP contribution in [-0.4, -0.2) is 21.5 Å². The number of aliphatic hydroxyl groups is 1. The smallest absolute Gasteiger partial charge is 0.0675 e. The number of hydrogen-bond donors (Lipinski definition) is 1. The minimum Gasteiger partial charge on any atom is -0.396 e. The minimum absolute atomic E-state index is 0.154. The summed E-state index contributed by atoms with van der Waals surface area (Å²) in [4.78, 5) is 0. The second kappa shape index (κ2) is 5.77. The van der Waals surface area contributed by atoms with E-state index in [9.17, 15) is 0 Å². The molecule has 0 aromatic carbocycles. The highest BCUT2D eigenvalue weighted by atomic mass is 16.3. The molecule has 0 aliphatic carbocycles. The van der Waals surface area contributed by atoms with E-state index in [1.807, 2.05) is 40.1 Å². The Kier molecular flexibility index (Phi) is 5.37. The van der Waals surface area contributed by atoms with E-state index in [4.69, 9.17) is 5.11 Å².